The first kappa shape index (κ1) is 19.1. The van der Waals surface area contributed by atoms with Gasteiger partial charge in [0, 0.05) is 24.6 Å². The molecule has 9 heteroatoms. The van der Waals surface area contributed by atoms with Gasteiger partial charge in [-0.05, 0) is 44.0 Å². The fourth-order valence-corrected chi connectivity index (χ4v) is 3.43. The second-order valence-electron chi connectivity index (χ2n) is 7.02. The Morgan fingerprint density at radius 2 is 1.93 bits per heavy atom. The highest BCUT2D eigenvalue weighted by Crippen LogP contribution is 2.31. The van der Waals surface area contributed by atoms with Gasteiger partial charge in [0.1, 0.15) is 23.1 Å². The van der Waals surface area contributed by atoms with Crippen LogP contribution in [0.25, 0.3) is 11.6 Å². The number of likely N-dealkylation sites (tertiary alicyclic amines) is 1. The minimum absolute atomic E-state index is 0.117. The van der Waals surface area contributed by atoms with Crippen LogP contribution in [0.3, 0.4) is 0 Å². The molecule has 2 atom stereocenters. The third kappa shape index (κ3) is 3.85. The van der Waals surface area contributed by atoms with Crippen molar-refractivity contribution in [1.82, 2.24) is 20.0 Å². The van der Waals surface area contributed by atoms with Gasteiger partial charge < -0.3 is 9.42 Å². The number of carbonyl (C=O) groups is 1. The van der Waals surface area contributed by atoms with E-state index < -0.39 is 23.4 Å². The number of nitrogens with zero attached hydrogens (tertiary/aromatic N) is 4. The molecule has 150 valence electrons. The third-order valence-corrected chi connectivity index (χ3v) is 5.06. The normalized spacial score (nSPS) is 19.4. The Bertz CT molecular complexity index is 1040. The van der Waals surface area contributed by atoms with Crippen molar-refractivity contribution in [2.75, 3.05) is 6.54 Å². The number of benzene rings is 1. The number of amides is 1. The monoisotopic (exact) mass is 402 g/mol. The molecule has 2 unspecified atom stereocenters. The number of hydrogen-bond donors (Lipinski definition) is 0. The lowest BCUT2D eigenvalue weighted by Gasteiger charge is -2.37. The molecule has 1 saturated heterocycles. The lowest BCUT2D eigenvalue weighted by molar-refractivity contribution is 0.0600. The van der Waals surface area contributed by atoms with E-state index in [0.717, 1.165) is 18.3 Å². The molecule has 0 aliphatic carbocycles. The number of pyridine rings is 1. The van der Waals surface area contributed by atoms with Crippen LogP contribution >= 0.6 is 0 Å². The molecule has 1 aromatic carbocycles. The van der Waals surface area contributed by atoms with E-state index in [4.69, 9.17) is 4.52 Å². The van der Waals surface area contributed by atoms with Crippen molar-refractivity contribution in [2.45, 2.75) is 31.7 Å². The Kier molecular flexibility index (Phi) is 5.04. The lowest BCUT2D eigenvalue weighted by Crippen LogP contribution is -2.45. The predicted molar refractivity (Wildman–Crippen MR) is 96.3 cm³/mol. The molecular weight excluding hydrogens is 385 g/mol. The van der Waals surface area contributed by atoms with Crippen LogP contribution in [-0.4, -0.2) is 38.5 Å². The minimum Gasteiger partial charge on any atom is -0.335 e. The highest BCUT2D eigenvalue weighted by atomic mass is 19.1. The van der Waals surface area contributed by atoms with E-state index in [1.54, 1.807) is 0 Å². The van der Waals surface area contributed by atoms with Gasteiger partial charge in [-0.2, -0.15) is 4.98 Å². The first-order valence-electron chi connectivity index (χ1n) is 9.14. The number of piperidine rings is 1. The molecule has 3 heterocycles. The van der Waals surface area contributed by atoms with E-state index in [9.17, 15) is 18.0 Å². The van der Waals surface area contributed by atoms with Gasteiger partial charge in [-0.1, -0.05) is 5.16 Å². The summed E-state index contributed by atoms with van der Waals surface area (Å²) < 4.78 is 45.5. The van der Waals surface area contributed by atoms with Crippen LogP contribution in [0, 0.1) is 17.5 Å². The lowest BCUT2D eigenvalue weighted by atomic mass is 9.92. The predicted octanol–water partition coefficient (Wildman–Crippen LogP) is 3.96. The van der Waals surface area contributed by atoms with E-state index in [1.165, 1.54) is 17.0 Å². The molecule has 4 rings (SSSR count). The number of aromatic nitrogens is 3. The average Bonchev–Trinajstić information content (AvgIpc) is 3.18. The maximum absolute atomic E-state index is 14.1. The molecule has 1 amide bonds. The minimum atomic E-state index is -0.895. The van der Waals surface area contributed by atoms with Crippen molar-refractivity contribution in [3.63, 3.8) is 0 Å². The quantitative estimate of drug-likeness (QED) is 0.663. The second kappa shape index (κ2) is 7.65. The fraction of sp³-hybridized carbons (Fsp3) is 0.300. The Hall–Kier alpha value is -3.23. The van der Waals surface area contributed by atoms with Crippen LogP contribution in [-0.2, 0) is 0 Å². The summed E-state index contributed by atoms with van der Waals surface area (Å²) in [6.45, 7) is 2.15. The van der Waals surface area contributed by atoms with Crippen molar-refractivity contribution >= 4 is 5.91 Å². The third-order valence-electron chi connectivity index (χ3n) is 5.06. The molecule has 29 heavy (non-hydrogen) atoms. The summed E-state index contributed by atoms with van der Waals surface area (Å²) in [5.41, 5.74) is 0.166. The molecule has 0 spiro atoms. The first-order chi connectivity index (χ1) is 13.9. The second-order valence-corrected chi connectivity index (χ2v) is 7.02. The zero-order chi connectivity index (χ0) is 20.5. The molecule has 0 N–H and O–H groups in total. The van der Waals surface area contributed by atoms with E-state index in [0.29, 0.717) is 30.4 Å². The molecule has 1 aliphatic rings. The van der Waals surface area contributed by atoms with Crippen molar-refractivity contribution in [3.8, 4) is 11.6 Å². The van der Waals surface area contributed by atoms with Gasteiger partial charge in [-0.15, -0.1) is 0 Å². The van der Waals surface area contributed by atoms with Crippen LogP contribution < -0.4 is 0 Å². The standard InChI is InChI=1S/C20H17F3N4O2/c1-11-2-3-12(10-27(11)20(28)15-6-4-13(21)8-16(15)23)18-25-19(29-26-18)17-7-5-14(22)9-24-17/h4-9,11-12H,2-3,10H2,1H3. The van der Waals surface area contributed by atoms with Crippen molar-refractivity contribution < 1.29 is 22.5 Å². The van der Waals surface area contributed by atoms with Gasteiger partial charge >= 0.3 is 0 Å². The number of hydrogen-bond acceptors (Lipinski definition) is 5. The summed E-state index contributed by atoms with van der Waals surface area (Å²) in [7, 11) is 0. The Morgan fingerprint density at radius 1 is 1.14 bits per heavy atom. The summed E-state index contributed by atoms with van der Waals surface area (Å²) in [6.07, 6.45) is 2.43. The average molecular weight is 402 g/mol. The smallest absolute Gasteiger partial charge is 0.276 e. The molecule has 3 aromatic rings. The van der Waals surface area contributed by atoms with Crippen LogP contribution in [0.2, 0.25) is 0 Å². The molecule has 0 radical (unpaired) electrons. The highest BCUT2D eigenvalue weighted by Gasteiger charge is 2.33. The Balaban J connectivity index is 1.54. The van der Waals surface area contributed by atoms with E-state index >= 15 is 0 Å². The molecule has 1 fully saturated rings. The maximum atomic E-state index is 14.1. The van der Waals surface area contributed by atoms with Crippen LogP contribution in [0.4, 0.5) is 13.2 Å². The molecule has 1 aliphatic heterocycles. The zero-order valence-electron chi connectivity index (χ0n) is 15.5. The summed E-state index contributed by atoms with van der Waals surface area (Å²) >= 11 is 0. The van der Waals surface area contributed by atoms with E-state index in [1.807, 2.05) is 6.92 Å². The number of carbonyl (C=O) groups excluding carboxylic acids is 1. The molecule has 0 saturated carbocycles. The summed E-state index contributed by atoms with van der Waals surface area (Å²) in [4.78, 5) is 22.6. The van der Waals surface area contributed by atoms with Crippen molar-refractivity contribution in [2.24, 2.45) is 0 Å². The summed E-state index contributed by atoms with van der Waals surface area (Å²) in [5, 5.41) is 3.98. The molecule has 6 nitrogen and oxygen atoms in total. The van der Waals surface area contributed by atoms with Gasteiger partial charge in [0.15, 0.2) is 5.82 Å². The van der Waals surface area contributed by atoms with Gasteiger partial charge in [0.05, 0.1) is 11.8 Å². The zero-order valence-corrected chi connectivity index (χ0v) is 15.5. The van der Waals surface area contributed by atoms with Gasteiger partial charge in [0.25, 0.3) is 11.8 Å². The van der Waals surface area contributed by atoms with Crippen LogP contribution in [0.1, 0.15) is 41.9 Å². The summed E-state index contributed by atoms with van der Waals surface area (Å²) in [5.74, 6) is -2.28. The molecule has 0 bridgehead atoms. The number of rotatable bonds is 3. The Morgan fingerprint density at radius 3 is 2.66 bits per heavy atom. The Labute approximate surface area is 164 Å². The largest absolute Gasteiger partial charge is 0.335 e. The van der Waals surface area contributed by atoms with Crippen LogP contribution in [0.15, 0.2) is 41.1 Å². The number of halogens is 3. The maximum Gasteiger partial charge on any atom is 0.276 e. The summed E-state index contributed by atoms with van der Waals surface area (Å²) in [6, 6.07) is 5.46. The topological polar surface area (TPSA) is 72.1 Å². The van der Waals surface area contributed by atoms with Gasteiger partial charge in [-0.25, -0.2) is 18.2 Å². The van der Waals surface area contributed by atoms with Crippen molar-refractivity contribution in [1.29, 1.82) is 0 Å². The molecule has 2 aromatic heterocycles. The SMILES string of the molecule is CC1CCC(c2noc(-c3ccc(F)cn3)n2)CN1C(=O)c1ccc(F)cc1F. The van der Waals surface area contributed by atoms with Crippen molar-refractivity contribution in [3.05, 3.63) is 65.4 Å². The fourth-order valence-electron chi connectivity index (χ4n) is 3.43. The van der Waals surface area contributed by atoms with Gasteiger partial charge in [0.2, 0.25) is 0 Å². The van der Waals surface area contributed by atoms with Gasteiger partial charge in [-0.3, -0.25) is 4.79 Å². The van der Waals surface area contributed by atoms with Crippen LogP contribution in [0.5, 0.6) is 0 Å². The van der Waals surface area contributed by atoms with E-state index in [2.05, 4.69) is 15.1 Å². The highest BCUT2D eigenvalue weighted by molar-refractivity contribution is 5.94. The molecular formula is C20H17F3N4O2. The first-order valence-corrected chi connectivity index (χ1v) is 9.14. The van der Waals surface area contributed by atoms with E-state index in [-0.39, 0.29) is 30.0 Å².